The third-order valence-electron chi connectivity index (χ3n) is 1.36. The molecule has 0 N–H and O–H groups in total. The number of aldehydes is 1. The number of halogens is 4. The van der Waals surface area contributed by atoms with Crippen LogP contribution in [0.3, 0.4) is 0 Å². The van der Waals surface area contributed by atoms with Crippen LogP contribution in [0.4, 0.5) is 13.2 Å². The lowest BCUT2D eigenvalue weighted by molar-refractivity contribution is 0.111. The Morgan fingerprint density at radius 2 is 2.15 bits per heavy atom. The number of aromatic nitrogens is 1. The highest BCUT2D eigenvalue weighted by molar-refractivity contribution is 14.1. The highest BCUT2D eigenvalue weighted by atomic mass is 127. The Morgan fingerprint density at radius 3 is 2.62 bits per heavy atom. The molecule has 0 atom stereocenters. The van der Waals surface area contributed by atoms with Crippen molar-refractivity contribution >= 4 is 28.9 Å². The maximum Gasteiger partial charge on any atom is 0.283 e. The minimum atomic E-state index is -3.00. The SMILES string of the molecule is O=Cc1c(I)cnc(C(F)F)c1F. The molecule has 0 bridgehead atoms. The van der Waals surface area contributed by atoms with Crippen LogP contribution in [0.15, 0.2) is 6.20 Å². The molecule has 2 nitrogen and oxygen atoms in total. The van der Waals surface area contributed by atoms with Crippen LogP contribution in [-0.2, 0) is 0 Å². The highest BCUT2D eigenvalue weighted by Gasteiger charge is 2.19. The summed E-state index contributed by atoms with van der Waals surface area (Å²) in [7, 11) is 0. The summed E-state index contributed by atoms with van der Waals surface area (Å²) in [6, 6.07) is 0. The summed E-state index contributed by atoms with van der Waals surface area (Å²) in [4.78, 5) is 13.5. The number of nitrogens with zero attached hydrogens (tertiary/aromatic N) is 1. The third-order valence-corrected chi connectivity index (χ3v) is 2.22. The van der Waals surface area contributed by atoms with Gasteiger partial charge in [-0.05, 0) is 22.6 Å². The second-order valence-electron chi connectivity index (χ2n) is 2.14. The molecule has 0 saturated carbocycles. The highest BCUT2D eigenvalue weighted by Crippen LogP contribution is 2.23. The van der Waals surface area contributed by atoms with Crippen LogP contribution >= 0.6 is 22.6 Å². The largest absolute Gasteiger partial charge is 0.298 e. The van der Waals surface area contributed by atoms with Crippen molar-refractivity contribution < 1.29 is 18.0 Å². The monoisotopic (exact) mass is 301 g/mol. The Morgan fingerprint density at radius 1 is 1.54 bits per heavy atom. The van der Waals surface area contributed by atoms with Gasteiger partial charge in [0.15, 0.2) is 12.1 Å². The van der Waals surface area contributed by atoms with E-state index in [4.69, 9.17) is 0 Å². The molecule has 0 aliphatic rings. The number of carbonyl (C=O) groups is 1. The van der Waals surface area contributed by atoms with E-state index in [9.17, 15) is 18.0 Å². The fourth-order valence-corrected chi connectivity index (χ4v) is 1.26. The van der Waals surface area contributed by atoms with E-state index in [2.05, 4.69) is 4.98 Å². The summed E-state index contributed by atoms with van der Waals surface area (Å²) in [6.45, 7) is 0. The number of pyridine rings is 1. The summed E-state index contributed by atoms with van der Waals surface area (Å²) < 4.78 is 37.3. The average molecular weight is 301 g/mol. The van der Waals surface area contributed by atoms with E-state index in [0.717, 1.165) is 6.20 Å². The van der Waals surface area contributed by atoms with Gasteiger partial charge >= 0.3 is 0 Å². The fraction of sp³-hybridized carbons (Fsp3) is 0.143. The normalized spacial score (nSPS) is 10.5. The molecule has 13 heavy (non-hydrogen) atoms. The zero-order chi connectivity index (χ0) is 10.0. The van der Waals surface area contributed by atoms with Gasteiger partial charge in [-0.1, -0.05) is 0 Å². The van der Waals surface area contributed by atoms with E-state index in [1.165, 1.54) is 0 Å². The van der Waals surface area contributed by atoms with Gasteiger partial charge in [0, 0.05) is 9.77 Å². The van der Waals surface area contributed by atoms with Gasteiger partial charge in [0.1, 0.15) is 5.69 Å². The predicted octanol–water partition coefficient (Wildman–Crippen LogP) is 2.58. The molecule has 0 unspecified atom stereocenters. The molecule has 0 aromatic carbocycles. The summed E-state index contributed by atoms with van der Waals surface area (Å²) >= 11 is 1.65. The molecule has 0 spiro atoms. The van der Waals surface area contributed by atoms with E-state index in [-0.39, 0.29) is 15.4 Å². The van der Waals surface area contributed by atoms with Crippen LogP contribution in [-0.4, -0.2) is 11.3 Å². The van der Waals surface area contributed by atoms with Crippen LogP contribution in [0.2, 0.25) is 0 Å². The maximum atomic E-state index is 13.0. The van der Waals surface area contributed by atoms with Crippen molar-refractivity contribution in [2.75, 3.05) is 0 Å². The number of hydrogen-bond acceptors (Lipinski definition) is 2. The molecule has 0 radical (unpaired) electrons. The second-order valence-corrected chi connectivity index (χ2v) is 3.30. The molecule has 0 saturated heterocycles. The van der Waals surface area contributed by atoms with E-state index < -0.39 is 17.9 Å². The molecular formula is C7H3F3INO. The molecule has 0 aliphatic heterocycles. The minimum Gasteiger partial charge on any atom is -0.298 e. The van der Waals surface area contributed by atoms with Crippen molar-refractivity contribution in [3.05, 3.63) is 26.8 Å². The summed E-state index contributed by atoms with van der Waals surface area (Å²) in [5.74, 6) is -1.24. The van der Waals surface area contributed by atoms with Crippen molar-refractivity contribution in [3.63, 3.8) is 0 Å². The summed E-state index contributed by atoms with van der Waals surface area (Å²) in [5.41, 5.74) is -1.35. The second kappa shape index (κ2) is 4.03. The predicted molar refractivity (Wildman–Crippen MR) is 47.3 cm³/mol. The Labute approximate surface area is 85.3 Å². The summed E-state index contributed by atoms with van der Waals surface area (Å²) in [6.07, 6.45) is -1.77. The quantitative estimate of drug-likeness (QED) is 0.621. The first-order valence-electron chi connectivity index (χ1n) is 3.15. The van der Waals surface area contributed by atoms with E-state index in [0.29, 0.717) is 0 Å². The van der Waals surface area contributed by atoms with Crippen molar-refractivity contribution in [1.82, 2.24) is 4.98 Å². The Bertz CT molecular complexity index is 343. The van der Waals surface area contributed by atoms with Gasteiger partial charge in [-0.15, -0.1) is 0 Å². The van der Waals surface area contributed by atoms with E-state index >= 15 is 0 Å². The lowest BCUT2D eigenvalue weighted by Crippen LogP contribution is -2.02. The maximum absolute atomic E-state index is 13.0. The van der Waals surface area contributed by atoms with Gasteiger partial charge in [0.25, 0.3) is 6.43 Å². The van der Waals surface area contributed by atoms with Crippen molar-refractivity contribution in [2.24, 2.45) is 0 Å². The molecule has 0 amide bonds. The van der Waals surface area contributed by atoms with Gasteiger partial charge in [-0.3, -0.25) is 9.78 Å². The first-order valence-corrected chi connectivity index (χ1v) is 4.23. The first kappa shape index (κ1) is 10.4. The molecule has 1 heterocycles. The number of carbonyl (C=O) groups excluding carboxylic acids is 1. The van der Waals surface area contributed by atoms with Gasteiger partial charge in [-0.25, -0.2) is 13.2 Å². The fourth-order valence-electron chi connectivity index (χ4n) is 0.755. The molecule has 0 fully saturated rings. The van der Waals surface area contributed by atoms with Gasteiger partial charge in [-0.2, -0.15) is 0 Å². The Kier molecular flexibility index (Phi) is 3.23. The van der Waals surface area contributed by atoms with Crippen LogP contribution in [0.1, 0.15) is 22.5 Å². The minimum absolute atomic E-state index is 0.199. The zero-order valence-corrected chi connectivity index (χ0v) is 8.26. The molecule has 1 aromatic heterocycles. The Hall–Kier alpha value is -0.660. The third kappa shape index (κ3) is 1.98. The van der Waals surface area contributed by atoms with Crippen molar-refractivity contribution in [2.45, 2.75) is 6.43 Å². The molecule has 6 heteroatoms. The van der Waals surface area contributed by atoms with Crippen LogP contribution in [0, 0.1) is 9.39 Å². The van der Waals surface area contributed by atoms with Gasteiger partial charge in [0.2, 0.25) is 0 Å². The smallest absolute Gasteiger partial charge is 0.283 e. The lowest BCUT2D eigenvalue weighted by Gasteiger charge is -2.03. The molecule has 70 valence electrons. The van der Waals surface area contributed by atoms with Crippen LogP contribution in [0.5, 0.6) is 0 Å². The topological polar surface area (TPSA) is 30.0 Å². The van der Waals surface area contributed by atoms with Crippen molar-refractivity contribution in [3.8, 4) is 0 Å². The van der Waals surface area contributed by atoms with Crippen molar-refractivity contribution in [1.29, 1.82) is 0 Å². The molecular weight excluding hydrogens is 298 g/mol. The molecule has 0 aliphatic carbocycles. The standard InChI is InChI=1S/C7H3F3INO/c8-5-3(2-13)4(11)1-12-6(5)7(9)10/h1-2,7H. The Balaban J connectivity index is 3.35. The van der Waals surface area contributed by atoms with Crippen LogP contribution < -0.4 is 0 Å². The van der Waals surface area contributed by atoms with Crippen LogP contribution in [0.25, 0.3) is 0 Å². The zero-order valence-electron chi connectivity index (χ0n) is 6.10. The van der Waals surface area contributed by atoms with Gasteiger partial charge in [0.05, 0.1) is 5.56 Å². The average Bonchev–Trinajstić information content (AvgIpc) is 2.04. The number of alkyl halides is 2. The van der Waals surface area contributed by atoms with Gasteiger partial charge < -0.3 is 0 Å². The first-order chi connectivity index (χ1) is 6.07. The molecule has 1 rings (SSSR count). The molecule has 1 aromatic rings. The van der Waals surface area contributed by atoms with E-state index in [1.807, 2.05) is 0 Å². The number of hydrogen-bond donors (Lipinski definition) is 0. The summed E-state index contributed by atoms with van der Waals surface area (Å²) in [5, 5.41) is 0. The van der Waals surface area contributed by atoms with E-state index in [1.54, 1.807) is 22.6 Å². The lowest BCUT2D eigenvalue weighted by atomic mass is 10.2. The number of rotatable bonds is 2.